The van der Waals surface area contributed by atoms with Crippen molar-refractivity contribution in [2.75, 3.05) is 11.9 Å². The molecule has 3 aromatic rings. The second-order valence-corrected chi connectivity index (χ2v) is 7.51. The first kappa shape index (κ1) is 17.0. The first-order valence-electron chi connectivity index (χ1n) is 9.56. The molecule has 0 aliphatic carbocycles. The number of H-pyrrole nitrogens is 1. The summed E-state index contributed by atoms with van der Waals surface area (Å²) in [6.07, 6.45) is 1.54. The molecule has 0 saturated carbocycles. The van der Waals surface area contributed by atoms with Gasteiger partial charge in [-0.3, -0.25) is 9.59 Å². The third-order valence-corrected chi connectivity index (χ3v) is 5.85. The summed E-state index contributed by atoms with van der Waals surface area (Å²) in [5.74, 6) is -0.554. The molecule has 1 aromatic heterocycles. The molecule has 0 fully saturated rings. The van der Waals surface area contributed by atoms with Crippen molar-refractivity contribution < 1.29 is 14.0 Å². The van der Waals surface area contributed by atoms with Crippen molar-refractivity contribution in [2.24, 2.45) is 0 Å². The smallest absolute Gasteiger partial charge is 0.232 e. The predicted octanol–water partition coefficient (Wildman–Crippen LogP) is 3.71. The molecule has 0 radical (unpaired) electrons. The molecule has 5 rings (SSSR count). The number of aromatic nitrogens is 1. The summed E-state index contributed by atoms with van der Waals surface area (Å²) in [4.78, 5) is 30.2. The summed E-state index contributed by atoms with van der Waals surface area (Å²) in [6, 6.07) is 12.3. The van der Waals surface area contributed by atoms with Crippen molar-refractivity contribution in [1.29, 1.82) is 0 Å². The molecule has 2 amide bonds. The molecule has 5 nitrogen and oxygen atoms in total. The maximum Gasteiger partial charge on any atom is 0.232 e. The lowest BCUT2D eigenvalue weighted by molar-refractivity contribution is -0.132. The van der Waals surface area contributed by atoms with E-state index in [1.54, 1.807) is 6.07 Å². The van der Waals surface area contributed by atoms with Crippen molar-refractivity contribution in [3.63, 3.8) is 0 Å². The van der Waals surface area contributed by atoms with Crippen LogP contribution < -0.4 is 5.32 Å². The van der Waals surface area contributed by atoms with Crippen LogP contribution in [0.3, 0.4) is 0 Å². The lowest BCUT2D eigenvalue weighted by atomic mass is 9.95. The highest BCUT2D eigenvalue weighted by Gasteiger charge is 2.31. The zero-order valence-corrected chi connectivity index (χ0v) is 15.3. The van der Waals surface area contributed by atoms with Crippen molar-refractivity contribution in [1.82, 2.24) is 9.88 Å². The van der Waals surface area contributed by atoms with Crippen LogP contribution in [0, 0.1) is 5.82 Å². The zero-order valence-electron chi connectivity index (χ0n) is 15.3. The van der Waals surface area contributed by atoms with Gasteiger partial charge in [-0.15, -0.1) is 0 Å². The number of anilines is 1. The summed E-state index contributed by atoms with van der Waals surface area (Å²) in [7, 11) is 0. The Morgan fingerprint density at radius 2 is 2.07 bits per heavy atom. The van der Waals surface area contributed by atoms with Gasteiger partial charge in [0, 0.05) is 53.8 Å². The number of benzene rings is 2. The largest absolute Gasteiger partial charge is 0.358 e. The number of hydrogen-bond acceptors (Lipinski definition) is 2. The van der Waals surface area contributed by atoms with Crippen LogP contribution in [0.1, 0.15) is 35.6 Å². The third-order valence-electron chi connectivity index (χ3n) is 5.85. The van der Waals surface area contributed by atoms with Gasteiger partial charge in [-0.05, 0) is 36.2 Å². The summed E-state index contributed by atoms with van der Waals surface area (Å²) < 4.78 is 13.7. The monoisotopic (exact) mass is 377 g/mol. The Bertz CT molecular complexity index is 1100. The van der Waals surface area contributed by atoms with E-state index in [2.05, 4.69) is 10.3 Å². The molecular weight excluding hydrogens is 357 g/mol. The number of hydrogen-bond donors (Lipinski definition) is 2. The van der Waals surface area contributed by atoms with E-state index in [1.807, 2.05) is 29.2 Å². The van der Waals surface area contributed by atoms with E-state index >= 15 is 0 Å². The molecule has 28 heavy (non-hydrogen) atoms. The maximum absolute atomic E-state index is 13.7. The van der Waals surface area contributed by atoms with Crippen LogP contribution in [-0.4, -0.2) is 28.2 Å². The number of rotatable bonds is 3. The highest BCUT2D eigenvalue weighted by Crippen LogP contribution is 2.35. The number of para-hydroxylation sites is 1. The first-order chi connectivity index (χ1) is 13.6. The van der Waals surface area contributed by atoms with Crippen LogP contribution in [0.2, 0.25) is 0 Å². The van der Waals surface area contributed by atoms with Crippen molar-refractivity contribution in [3.05, 3.63) is 65.1 Å². The van der Waals surface area contributed by atoms with Crippen LogP contribution >= 0.6 is 0 Å². The number of carbonyl (C=O) groups excluding carboxylic acids is 2. The Balaban J connectivity index is 1.30. The van der Waals surface area contributed by atoms with Gasteiger partial charge < -0.3 is 15.2 Å². The van der Waals surface area contributed by atoms with Gasteiger partial charge in [-0.2, -0.15) is 0 Å². The molecule has 2 aliphatic heterocycles. The summed E-state index contributed by atoms with van der Waals surface area (Å²) in [5, 5.41) is 3.73. The molecule has 1 unspecified atom stereocenters. The van der Waals surface area contributed by atoms with E-state index in [9.17, 15) is 14.0 Å². The Morgan fingerprint density at radius 3 is 2.96 bits per heavy atom. The topological polar surface area (TPSA) is 65.2 Å². The second-order valence-electron chi connectivity index (χ2n) is 7.51. The third kappa shape index (κ3) is 2.76. The number of halogens is 1. The molecule has 0 saturated heterocycles. The lowest BCUT2D eigenvalue weighted by Gasteiger charge is -2.27. The molecular formula is C22H20FN3O2. The molecule has 2 aromatic carbocycles. The van der Waals surface area contributed by atoms with E-state index in [1.165, 1.54) is 12.1 Å². The SMILES string of the molecule is O=C1Nc2ccccc2C1CCC(=O)N1CCc2[nH]c3ccc(F)cc3c2C1. The van der Waals surface area contributed by atoms with Crippen LogP contribution in [0.15, 0.2) is 42.5 Å². The first-order valence-corrected chi connectivity index (χ1v) is 9.56. The number of nitrogens with one attached hydrogen (secondary N) is 2. The lowest BCUT2D eigenvalue weighted by Crippen LogP contribution is -2.36. The minimum Gasteiger partial charge on any atom is -0.358 e. The second kappa shape index (κ2) is 6.48. The van der Waals surface area contributed by atoms with Crippen LogP contribution in [0.5, 0.6) is 0 Å². The van der Waals surface area contributed by atoms with Gasteiger partial charge in [0.25, 0.3) is 0 Å². The fraction of sp³-hybridized carbons (Fsp3) is 0.273. The average molecular weight is 377 g/mol. The highest BCUT2D eigenvalue weighted by molar-refractivity contribution is 6.03. The minimum absolute atomic E-state index is 0.0357. The Labute approximate surface area is 161 Å². The molecule has 0 bridgehead atoms. The van der Waals surface area contributed by atoms with E-state index in [0.29, 0.717) is 25.9 Å². The Morgan fingerprint density at radius 1 is 1.21 bits per heavy atom. The number of nitrogens with zero attached hydrogens (tertiary/aromatic N) is 1. The van der Waals surface area contributed by atoms with E-state index < -0.39 is 0 Å². The number of aromatic amines is 1. The standard InChI is InChI=1S/C22H20FN3O2/c23-13-5-7-19-16(11-13)17-12-26(10-9-20(17)24-19)21(27)8-6-15-14-3-1-2-4-18(14)25-22(15)28/h1-5,7,11,15,24H,6,8-10,12H2,(H,25,28). The highest BCUT2D eigenvalue weighted by atomic mass is 19.1. The van der Waals surface area contributed by atoms with Gasteiger partial charge in [0.1, 0.15) is 5.82 Å². The van der Waals surface area contributed by atoms with E-state index in [0.717, 1.165) is 39.8 Å². The van der Waals surface area contributed by atoms with Gasteiger partial charge in [-0.1, -0.05) is 18.2 Å². The Kier molecular flexibility index (Phi) is 3.93. The van der Waals surface area contributed by atoms with Crippen LogP contribution in [0.25, 0.3) is 10.9 Å². The summed E-state index contributed by atoms with van der Waals surface area (Å²) in [6.45, 7) is 1.11. The fourth-order valence-corrected chi connectivity index (χ4v) is 4.39. The quantitative estimate of drug-likeness (QED) is 0.731. The fourth-order valence-electron chi connectivity index (χ4n) is 4.39. The predicted molar refractivity (Wildman–Crippen MR) is 104 cm³/mol. The van der Waals surface area contributed by atoms with Gasteiger partial charge in [0.2, 0.25) is 11.8 Å². The summed E-state index contributed by atoms with van der Waals surface area (Å²) >= 11 is 0. The molecule has 2 N–H and O–H groups in total. The van der Waals surface area contributed by atoms with E-state index in [4.69, 9.17) is 0 Å². The number of fused-ring (bicyclic) bond motifs is 4. The number of carbonyl (C=O) groups is 2. The maximum atomic E-state index is 13.7. The van der Waals surface area contributed by atoms with Gasteiger partial charge in [-0.25, -0.2) is 4.39 Å². The van der Waals surface area contributed by atoms with Crippen molar-refractivity contribution >= 4 is 28.4 Å². The molecule has 6 heteroatoms. The molecule has 0 spiro atoms. The molecule has 3 heterocycles. The Hall–Kier alpha value is -3.15. The minimum atomic E-state index is -0.275. The van der Waals surface area contributed by atoms with E-state index in [-0.39, 0.29) is 23.5 Å². The molecule has 1 atom stereocenters. The zero-order chi connectivity index (χ0) is 19.3. The van der Waals surface area contributed by atoms with Crippen molar-refractivity contribution in [2.45, 2.75) is 31.7 Å². The van der Waals surface area contributed by atoms with Crippen LogP contribution in [-0.2, 0) is 22.6 Å². The van der Waals surface area contributed by atoms with Gasteiger partial charge >= 0.3 is 0 Å². The average Bonchev–Trinajstić information content (AvgIpc) is 3.22. The number of amides is 2. The van der Waals surface area contributed by atoms with Crippen LogP contribution in [0.4, 0.5) is 10.1 Å². The van der Waals surface area contributed by atoms with Crippen molar-refractivity contribution in [3.8, 4) is 0 Å². The molecule has 2 aliphatic rings. The summed E-state index contributed by atoms with van der Waals surface area (Å²) in [5.41, 5.74) is 4.79. The van der Waals surface area contributed by atoms with Gasteiger partial charge in [0.15, 0.2) is 0 Å². The van der Waals surface area contributed by atoms with Gasteiger partial charge in [0.05, 0.1) is 5.92 Å². The normalized spacial score (nSPS) is 18.1. The molecule has 142 valence electrons.